The smallest absolute Gasteiger partial charge is 0.257 e. The van der Waals surface area contributed by atoms with E-state index in [1.165, 1.54) is 6.07 Å². The van der Waals surface area contributed by atoms with E-state index in [4.69, 9.17) is 4.74 Å². The number of ether oxygens (including phenoxy) is 1. The molecule has 0 bridgehead atoms. The largest absolute Gasteiger partial charge is 0.380 e. The van der Waals surface area contributed by atoms with Gasteiger partial charge in [0.1, 0.15) is 23.2 Å². The second kappa shape index (κ2) is 9.94. The maximum absolute atomic E-state index is 13.8. The first kappa shape index (κ1) is 21.5. The molecule has 150 valence electrons. The molecule has 2 amide bonds. The first-order valence-corrected chi connectivity index (χ1v) is 8.93. The highest BCUT2D eigenvalue weighted by molar-refractivity contribution is 5.98. The highest BCUT2D eigenvalue weighted by Crippen LogP contribution is 2.14. The van der Waals surface area contributed by atoms with Crippen LogP contribution in [0.25, 0.3) is 0 Å². The Morgan fingerprint density at radius 3 is 2.18 bits per heavy atom. The molecule has 2 aromatic rings. The molecule has 0 aliphatic rings. The average Bonchev–Trinajstić information content (AvgIpc) is 2.65. The van der Waals surface area contributed by atoms with E-state index in [9.17, 15) is 18.4 Å². The van der Waals surface area contributed by atoms with Crippen LogP contribution in [0.3, 0.4) is 0 Å². The third-order valence-corrected chi connectivity index (χ3v) is 4.30. The van der Waals surface area contributed by atoms with Gasteiger partial charge in [-0.15, -0.1) is 0 Å². The number of methoxy groups -OCH3 is 1. The van der Waals surface area contributed by atoms with Crippen LogP contribution in [0.2, 0.25) is 0 Å². The number of amides is 2. The molecule has 7 heteroatoms. The minimum Gasteiger partial charge on any atom is -0.380 e. The molecule has 28 heavy (non-hydrogen) atoms. The number of benzene rings is 2. The minimum absolute atomic E-state index is 0.242. The third kappa shape index (κ3) is 5.36. The van der Waals surface area contributed by atoms with Gasteiger partial charge >= 0.3 is 0 Å². The van der Waals surface area contributed by atoms with Gasteiger partial charge < -0.3 is 15.4 Å². The lowest BCUT2D eigenvalue weighted by atomic mass is 10.0. The number of carbonyl (C=O) groups is 2. The van der Waals surface area contributed by atoms with E-state index in [-0.39, 0.29) is 12.5 Å². The molecule has 0 saturated carbocycles. The second-order valence-corrected chi connectivity index (χ2v) is 6.71. The summed E-state index contributed by atoms with van der Waals surface area (Å²) in [4.78, 5) is 25.0. The summed E-state index contributed by atoms with van der Waals surface area (Å²) in [6, 6.07) is 9.71. The quantitative estimate of drug-likeness (QED) is 0.728. The van der Waals surface area contributed by atoms with Crippen molar-refractivity contribution in [2.45, 2.75) is 33.0 Å². The zero-order chi connectivity index (χ0) is 20.7. The molecule has 2 N–H and O–H groups in total. The van der Waals surface area contributed by atoms with Gasteiger partial charge in [0.2, 0.25) is 5.91 Å². The Bertz CT molecular complexity index is 820. The lowest BCUT2D eigenvalue weighted by Gasteiger charge is -2.22. The monoisotopic (exact) mass is 390 g/mol. The molecule has 5 nitrogen and oxygen atoms in total. The van der Waals surface area contributed by atoms with Gasteiger partial charge in [-0.3, -0.25) is 9.59 Å². The molecule has 0 aromatic heterocycles. The molecule has 0 radical (unpaired) electrons. The molecule has 0 heterocycles. The summed E-state index contributed by atoms with van der Waals surface area (Å²) < 4.78 is 32.8. The number of carbonyl (C=O) groups excluding carboxylic acids is 2. The lowest BCUT2D eigenvalue weighted by Crippen LogP contribution is -2.49. The number of hydrogen-bond donors (Lipinski definition) is 2. The molecule has 1 atom stereocenters. The van der Waals surface area contributed by atoms with Crippen LogP contribution in [-0.4, -0.2) is 25.0 Å². The molecule has 2 rings (SSSR count). The Kier molecular flexibility index (Phi) is 7.63. The normalized spacial score (nSPS) is 11.9. The first-order valence-electron chi connectivity index (χ1n) is 8.93. The molecule has 2 aromatic carbocycles. The molecule has 0 aliphatic heterocycles. The fraction of sp³-hybridized carbons (Fsp3) is 0.333. The first-order chi connectivity index (χ1) is 13.3. The average molecular weight is 390 g/mol. The SMILES string of the molecule is COCc1ccccc1CNC(=O)C(NC(=O)c1c(F)cccc1F)C(C)C. The van der Waals surface area contributed by atoms with Crippen molar-refractivity contribution in [2.24, 2.45) is 5.92 Å². The Balaban J connectivity index is 2.09. The second-order valence-electron chi connectivity index (χ2n) is 6.71. The standard InChI is InChI=1S/C21H24F2N2O3/c1-13(2)19(25-20(26)18-16(22)9-6-10-17(18)23)21(27)24-11-14-7-4-5-8-15(14)12-28-3/h4-10,13,19H,11-12H2,1-3H3,(H,24,27)(H,25,26). The van der Waals surface area contributed by atoms with Gasteiger partial charge in [0, 0.05) is 13.7 Å². The predicted octanol–water partition coefficient (Wildman–Crippen LogP) is 3.18. The molecular weight excluding hydrogens is 366 g/mol. The van der Waals surface area contributed by atoms with Crippen LogP contribution in [0, 0.1) is 17.6 Å². The van der Waals surface area contributed by atoms with Crippen LogP contribution < -0.4 is 10.6 Å². The van der Waals surface area contributed by atoms with Crippen LogP contribution in [0.5, 0.6) is 0 Å². The Labute approximate surface area is 163 Å². The predicted molar refractivity (Wildman–Crippen MR) is 101 cm³/mol. The van der Waals surface area contributed by atoms with Crippen molar-refractivity contribution in [3.05, 3.63) is 70.8 Å². The van der Waals surface area contributed by atoms with Crippen LogP contribution in [0.4, 0.5) is 8.78 Å². The van der Waals surface area contributed by atoms with Crippen molar-refractivity contribution in [1.82, 2.24) is 10.6 Å². The molecule has 0 spiro atoms. The maximum atomic E-state index is 13.8. The summed E-state index contributed by atoms with van der Waals surface area (Å²) in [6.07, 6.45) is 0. The van der Waals surface area contributed by atoms with Crippen molar-refractivity contribution in [1.29, 1.82) is 0 Å². The molecule has 0 fully saturated rings. The highest BCUT2D eigenvalue weighted by Gasteiger charge is 2.27. The third-order valence-electron chi connectivity index (χ3n) is 4.30. The van der Waals surface area contributed by atoms with Crippen LogP contribution >= 0.6 is 0 Å². The number of halogens is 2. The summed E-state index contributed by atoms with van der Waals surface area (Å²) in [5.41, 5.74) is 1.11. The molecular formula is C21H24F2N2O3. The zero-order valence-electron chi connectivity index (χ0n) is 16.1. The summed E-state index contributed by atoms with van der Waals surface area (Å²) in [5, 5.41) is 5.20. The number of nitrogens with one attached hydrogen (secondary N) is 2. The minimum atomic E-state index is -0.978. The van der Waals surface area contributed by atoms with Crippen molar-refractivity contribution in [2.75, 3.05) is 7.11 Å². The van der Waals surface area contributed by atoms with Gasteiger partial charge in [-0.1, -0.05) is 44.2 Å². The van der Waals surface area contributed by atoms with Gasteiger partial charge in [-0.05, 0) is 29.2 Å². The number of hydrogen-bond acceptors (Lipinski definition) is 3. The van der Waals surface area contributed by atoms with E-state index in [1.807, 2.05) is 24.3 Å². The van der Waals surface area contributed by atoms with Crippen LogP contribution in [0.15, 0.2) is 42.5 Å². The summed E-state index contributed by atoms with van der Waals surface area (Å²) in [5.74, 6) is -3.65. The maximum Gasteiger partial charge on any atom is 0.257 e. The van der Waals surface area contributed by atoms with E-state index < -0.39 is 35.1 Å². The summed E-state index contributed by atoms with van der Waals surface area (Å²) in [7, 11) is 1.58. The van der Waals surface area contributed by atoms with E-state index in [1.54, 1.807) is 21.0 Å². The zero-order valence-corrected chi connectivity index (χ0v) is 16.1. The fourth-order valence-corrected chi connectivity index (χ4v) is 2.78. The molecule has 1 unspecified atom stereocenters. The lowest BCUT2D eigenvalue weighted by molar-refractivity contribution is -0.124. The van der Waals surface area contributed by atoms with Gasteiger partial charge in [0.05, 0.1) is 6.61 Å². The molecule has 0 aliphatic carbocycles. The van der Waals surface area contributed by atoms with Crippen molar-refractivity contribution >= 4 is 11.8 Å². The van der Waals surface area contributed by atoms with Gasteiger partial charge in [0.25, 0.3) is 5.91 Å². The number of rotatable bonds is 8. The van der Waals surface area contributed by atoms with E-state index in [0.717, 1.165) is 23.3 Å². The summed E-state index contributed by atoms with van der Waals surface area (Å²) in [6.45, 7) is 4.12. The van der Waals surface area contributed by atoms with Crippen molar-refractivity contribution in [3.63, 3.8) is 0 Å². The van der Waals surface area contributed by atoms with Crippen molar-refractivity contribution < 1.29 is 23.1 Å². The van der Waals surface area contributed by atoms with Gasteiger partial charge in [-0.25, -0.2) is 8.78 Å². The molecule has 0 saturated heterocycles. The Morgan fingerprint density at radius 1 is 1.00 bits per heavy atom. The van der Waals surface area contributed by atoms with E-state index in [0.29, 0.717) is 6.61 Å². The summed E-state index contributed by atoms with van der Waals surface area (Å²) >= 11 is 0. The van der Waals surface area contributed by atoms with Crippen molar-refractivity contribution in [3.8, 4) is 0 Å². The Morgan fingerprint density at radius 2 is 1.61 bits per heavy atom. The van der Waals surface area contributed by atoms with Gasteiger partial charge in [0.15, 0.2) is 0 Å². The van der Waals surface area contributed by atoms with E-state index in [2.05, 4.69) is 10.6 Å². The Hall–Kier alpha value is -2.80. The van der Waals surface area contributed by atoms with Crippen LogP contribution in [-0.2, 0) is 22.7 Å². The van der Waals surface area contributed by atoms with Crippen LogP contribution in [0.1, 0.15) is 35.3 Å². The fourth-order valence-electron chi connectivity index (χ4n) is 2.78. The van der Waals surface area contributed by atoms with Gasteiger partial charge in [-0.2, -0.15) is 0 Å². The van der Waals surface area contributed by atoms with E-state index >= 15 is 0 Å². The highest BCUT2D eigenvalue weighted by atomic mass is 19.1. The topological polar surface area (TPSA) is 67.4 Å².